The Hall–Kier alpha value is -2.41. The van der Waals surface area contributed by atoms with Crippen molar-refractivity contribution in [2.75, 3.05) is 5.32 Å². The van der Waals surface area contributed by atoms with Gasteiger partial charge in [0.25, 0.3) is 5.91 Å². The predicted octanol–water partition coefficient (Wildman–Crippen LogP) is 4.29. The SMILES string of the molecule is CC1(C)CCc2c(CC3CC3)nn(-c3cc(NC4CCC(O)CC4)c(C(N)=O)cc3F)c2C1. The van der Waals surface area contributed by atoms with Gasteiger partial charge in [0, 0.05) is 17.4 Å². The molecule has 2 saturated carbocycles. The molecule has 1 amide bonds. The molecule has 1 aromatic carbocycles. The first kappa shape index (κ1) is 22.4. The molecule has 178 valence electrons. The number of nitrogens with one attached hydrogen (secondary N) is 1. The number of hydrogen-bond acceptors (Lipinski definition) is 4. The molecule has 1 aromatic heterocycles. The monoisotopic (exact) mass is 454 g/mol. The smallest absolute Gasteiger partial charge is 0.250 e. The van der Waals surface area contributed by atoms with Gasteiger partial charge in [-0.15, -0.1) is 0 Å². The minimum Gasteiger partial charge on any atom is -0.393 e. The lowest BCUT2D eigenvalue weighted by Gasteiger charge is -2.30. The van der Waals surface area contributed by atoms with Crippen molar-refractivity contribution in [2.45, 2.75) is 90.2 Å². The van der Waals surface area contributed by atoms with E-state index in [-0.39, 0.29) is 23.1 Å². The highest BCUT2D eigenvalue weighted by molar-refractivity contribution is 5.99. The maximum absolute atomic E-state index is 15.4. The number of aliphatic hydroxyl groups excluding tert-OH is 1. The summed E-state index contributed by atoms with van der Waals surface area (Å²) >= 11 is 0. The molecule has 7 heteroatoms. The van der Waals surface area contributed by atoms with Crippen LogP contribution in [0.2, 0.25) is 0 Å². The van der Waals surface area contributed by atoms with Crippen molar-refractivity contribution < 1.29 is 14.3 Å². The summed E-state index contributed by atoms with van der Waals surface area (Å²) in [6.07, 6.45) is 9.13. The second-order valence-corrected chi connectivity index (χ2v) is 11.1. The molecule has 3 aliphatic rings. The van der Waals surface area contributed by atoms with Crippen LogP contribution in [-0.4, -0.2) is 32.9 Å². The molecule has 1 heterocycles. The topological polar surface area (TPSA) is 93.2 Å². The second kappa shape index (κ2) is 8.42. The molecule has 6 nitrogen and oxygen atoms in total. The van der Waals surface area contributed by atoms with Gasteiger partial charge in [-0.2, -0.15) is 5.10 Å². The molecule has 0 saturated heterocycles. The van der Waals surface area contributed by atoms with E-state index in [1.54, 1.807) is 10.7 Å². The number of carbonyl (C=O) groups is 1. The molecule has 0 atom stereocenters. The first-order chi connectivity index (χ1) is 15.7. The Bertz CT molecular complexity index is 1060. The minimum absolute atomic E-state index is 0.112. The molecule has 2 fully saturated rings. The van der Waals surface area contributed by atoms with Crippen molar-refractivity contribution in [3.8, 4) is 5.69 Å². The number of anilines is 1. The number of carbonyl (C=O) groups excluding carboxylic acids is 1. The van der Waals surface area contributed by atoms with Crippen molar-refractivity contribution in [2.24, 2.45) is 17.1 Å². The van der Waals surface area contributed by atoms with Crippen molar-refractivity contribution in [1.29, 1.82) is 0 Å². The Labute approximate surface area is 194 Å². The number of nitrogens with two attached hydrogens (primary N) is 1. The number of aromatic nitrogens is 2. The Balaban J connectivity index is 1.56. The summed E-state index contributed by atoms with van der Waals surface area (Å²) in [5, 5.41) is 18.2. The Morgan fingerprint density at radius 2 is 1.97 bits per heavy atom. The third kappa shape index (κ3) is 4.65. The van der Waals surface area contributed by atoms with Gasteiger partial charge < -0.3 is 16.2 Å². The van der Waals surface area contributed by atoms with E-state index >= 15 is 4.39 Å². The maximum atomic E-state index is 15.4. The fourth-order valence-electron chi connectivity index (χ4n) is 5.46. The van der Waals surface area contributed by atoms with Gasteiger partial charge in [-0.05, 0) is 93.2 Å². The quantitative estimate of drug-likeness (QED) is 0.607. The van der Waals surface area contributed by atoms with Crippen molar-refractivity contribution >= 4 is 11.6 Å². The summed E-state index contributed by atoms with van der Waals surface area (Å²) in [6, 6.07) is 3.07. The van der Waals surface area contributed by atoms with Gasteiger partial charge in [-0.3, -0.25) is 4.79 Å². The summed E-state index contributed by atoms with van der Waals surface area (Å²) in [7, 11) is 0. The second-order valence-electron chi connectivity index (χ2n) is 11.1. The zero-order chi connectivity index (χ0) is 23.3. The number of nitrogens with zero attached hydrogens (tertiary/aromatic N) is 2. The predicted molar refractivity (Wildman–Crippen MR) is 126 cm³/mol. The first-order valence-electron chi connectivity index (χ1n) is 12.4. The number of aliphatic hydroxyl groups is 1. The molecule has 2 aromatic rings. The standard InChI is InChI=1S/C26H35FN4O2/c1-26(2)10-9-18-22(11-15-3-4-15)30-31(24(18)14-26)23-13-21(19(25(28)33)12-20(23)27)29-16-5-7-17(32)8-6-16/h12-13,15-17,29,32H,3-11,14H2,1-2H3,(H2,28,33). The molecular weight excluding hydrogens is 419 g/mol. The van der Waals surface area contributed by atoms with Gasteiger partial charge in [0.2, 0.25) is 0 Å². The van der Waals surface area contributed by atoms with E-state index in [0.717, 1.165) is 49.9 Å². The first-order valence-corrected chi connectivity index (χ1v) is 12.4. The third-order valence-electron chi connectivity index (χ3n) is 7.69. The molecule has 3 aliphatic carbocycles. The molecular formula is C26H35FN4O2. The van der Waals surface area contributed by atoms with E-state index in [9.17, 15) is 9.90 Å². The Kier molecular flexibility index (Phi) is 5.71. The minimum atomic E-state index is -0.656. The molecule has 0 radical (unpaired) electrons. The van der Waals surface area contributed by atoms with Crippen LogP contribution in [0.3, 0.4) is 0 Å². The van der Waals surface area contributed by atoms with E-state index in [1.807, 2.05) is 0 Å². The summed E-state index contributed by atoms with van der Waals surface area (Å²) in [6.45, 7) is 4.51. The van der Waals surface area contributed by atoms with Gasteiger partial charge in [-0.25, -0.2) is 9.07 Å². The fourth-order valence-corrected chi connectivity index (χ4v) is 5.46. The van der Waals surface area contributed by atoms with Crippen molar-refractivity contribution in [3.63, 3.8) is 0 Å². The number of benzene rings is 1. The van der Waals surface area contributed by atoms with Crippen LogP contribution in [0.15, 0.2) is 12.1 Å². The summed E-state index contributed by atoms with van der Waals surface area (Å²) in [4.78, 5) is 12.1. The molecule has 0 bridgehead atoms. The zero-order valence-electron chi connectivity index (χ0n) is 19.7. The van der Waals surface area contributed by atoms with Crippen LogP contribution in [-0.2, 0) is 19.3 Å². The lowest BCUT2D eigenvalue weighted by Crippen LogP contribution is -2.29. The van der Waals surface area contributed by atoms with Crippen LogP contribution in [0.4, 0.5) is 10.1 Å². The highest BCUT2D eigenvalue weighted by atomic mass is 19.1. The maximum Gasteiger partial charge on any atom is 0.250 e. The van der Waals surface area contributed by atoms with Gasteiger partial charge in [0.1, 0.15) is 11.5 Å². The van der Waals surface area contributed by atoms with Crippen LogP contribution in [0, 0.1) is 17.2 Å². The van der Waals surface area contributed by atoms with Gasteiger partial charge in [0.15, 0.2) is 0 Å². The third-order valence-corrected chi connectivity index (χ3v) is 7.69. The van der Waals surface area contributed by atoms with Gasteiger partial charge in [0.05, 0.1) is 17.4 Å². The number of amides is 1. The highest BCUT2D eigenvalue weighted by Crippen LogP contribution is 2.41. The van der Waals surface area contributed by atoms with Gasteiger partial charge >= 0.3 is 0 Å². The van der Waals surface area contributed by atoms with Crippen molar-refractivity contribution in [3.05, 3.63) is 40.5 Å². The number of hydrogen-bond donors (Lipinski definition) is 3. The average Bonchev–Trinajstić information content (AvgIpc) is 3.51. The Morgan fingerprint density at radius 3 is 2.64 bits per heavy atom. The zero-order valence-corrected chi connectivity index (χ0v) is 19.7. The fraction of sp³-hybridized carbons (Fsp3) is 0.615. The summed E-state index contributed by atoms with van der Waals surface area (Å²) in [5.74, 6) is -0.440. The molecule has 5 rings (SSSR count). The lowest BCUT2D eigenvalue weighted by atomic mass is 9.76. The Morgan fingerprint density at radius 1 is 1.24 bits per heavy atom. The van der Waals surface area contributed by atoms with Crippen LogP contribution in [0.1, 0.15) is 86.1 Å². The average molecular weight is 455 g/mol. The van der Waals surface area contributed by atoms with E-state index in [4.69, 9.17) is 10.8 Å². The lowest BCUT2D eigenvalue weighted by molar-refractivity contribution is 0.1000. The summed E-state index contributed by atoms with van der Waals surface area (Å²) < 4.78 is 17.2. The van der Waals surface area contributed by atoms with Gasteiger partial charge in [-0.1, -0.05) is 13.8 Å². The van der Waals surface area contributed by atoms with Crippen LogP contribution in [0.25, 0.3) is 5.69 Å². The number of primary amides is 1. The van der Waals surface area contributed by atoms with E-state index < -0.39 is 11.7 Å². The normalized spacial score (nSPS) is 24.4. The molecule has 0 unspecified atom stereocenters. The molecule has 4 N–H and O–H groups in total. The van der Waals surface area contributed by atoms with Crippen LogP contribution >= 0.6 is 0 Å². The van der Waals surface area contributed by atoms with Crippen LogP contribution < -0.4 is 11.1 Å². The molecule has 0 spiro atoms. The number of fused-ring (bicyclic) bond motifs is 1. The largest absolute Gasteiger partial charge is 0.393 e. The molecule has 0 aliphatic heterocycles. The van der Waals surface area contributed by atoms with Crippen molar-refractivity contribution in [1.82, 2.24) is 9.78 Å². The number of rotatable bonds is 6. The van der Waals surface area contributed by atoms with E-state index in [1.165, 1.54) is 24.5 Å². The number of halogens is 1. The van der Waals surface area contributed by atoms with Crippen LogP contribution in [0.5, 0.6) is 0 Å². The van der Waals surface area contributed by atoms with E-state index in [0.29, 0.717) is 30.1 Å². The highest BCUT2D eigenvalue weighted by Gasteiger charge is 2.34. The summed E-state index contributed by atoms with van der Waals surface area (Å²) in [5.41, 5.74) is 10.3. The molecule has 33 heavy (non-hydrogen) atoms. The van der Waals surface area contributed by atoms with E-state index in [2.05, 4.69) is 19.2 Å².